The fraction of sp³-hybridized carbons (Fsp3) is 0.476. The lowest BCUT2D eigenvalue weighted by Gasteiger charge is -2.26. The first-order valence-electron chi connectivity index (χ1n) is 9.34. The number of amides is 2. The summed E-state index contributed by atoms with van der Waals surface area (Å²) in [5.41, 5.74) is 3.12. The molecule has 0 radical (unpaired) electrons. The average Bonchev–Trinajstić information content (AvgIpc) is 3.29. The molecule has 0 saturated carbocycles. The smallest absolute Gasteiger partial charge is 0.322 e. The topological polar surface area (TPSA) is 54.7 Å². The van der Waals surface area contributed by atoms with Gasteiger partial charge in [-0.2, -0.15) is 0 Å². The van der Waals surface area contributed by atoms with Crippen LogP contribution < -0.4 is 5.32 Å². The van der Waals surface area contributed by atoms with Crippen LogP contribution in [-0.4, -0.2) is 30.2 Å². The van der Waals surface area contributed by atoms with Crippen LogP contribution in [-0.2, 0) is 11.3 Å². The standard InChI is InChI=1S/C21H28N2O3/c1-15(2)19-10-4-7-16(3)20(19)22-21(24)23(13-17-8-5-11-25-17)14-18-9-6-12-26-18/h4-5,7-8,10-11,15,18H,6,9,12-14H2,1-3H3,(H,22,24). The van der Waals surface area contributed by atoms with Gasteiger partial charge >= 0.3 is 6.03 Å². The Kier molecular flexibility index (Phi) is 5.99. The monoisotopic (exact) mass is 356 g/mol. The maximum absolute atomic E-state index is 13.1. The van der Waals surface area contributed by atoms with Crippen LogP contribution >= 0.6 is 0 Å². The summed E-state index contributed by atoms with van der Waals surface area (Å²) in [6, 6.07) is 9.75. The SMILES string of the molecule is Cc1cccc(C(C)C)c1NC(=O)N(Cc1ccco1)CC1CCCO1. The van der Waals surface area contributed by atoms with Gasteiger partial charge in [-0.15, -0.1) is 0 Å². The second-order valence-electron chi connectivity index (χ2n) is 7.22. The van der Waals surface area contributed by atoms with Crippen molar-refractivity contribution in [1.82, 2.24) is 4.90 Å². The molecule has 2 amide bonds. The third-order valence-corrected chi connectivity index (χ3v) is 4.82. The van der Waals surface area contributed by atoms with Gasteiger partial charge in [0.25, 0.3) is 0 Å². The van der Waals surface area contributed by atoms with Crippen LogP contribution in [0.3, 0.4) is 0 Å². The van der Waals surface area contributed by atoms with E-state index in [0.29, 0.717) is 19.0 Å². The Hall–Kier alpha value is -2.27. The summed E-state index contributed by atoms with van der Waals surface area (Å²) < 4.78 is 11.2. The van der Waals surface area contributed by atoms with Crippen molar-refractivity contribution >= 4 is 11.7 Å². The van der Waals surface area contributed by atoms with Crippen LogP contribution in [0.15, 0.2) is 41.0 Å². The molecular weight excluding hydrogens is 328 g/mol. The van der Waals surface area contributed by atoms with Crippen molar-refractivity contribution in [2.45, 2.75) is 52.2 Å². The largest absolute Gasteiger partial charge is 0.467 e. The van der Waals surface area contributed by atoms with Crippen molar-refractivity contribution in [2.24, 2.45) is 0 Å². The van der Waals surface area contributed by atoms with Crippen LogP contribution in [0.1, 0.15) is 49.5 Å². The molecule has 140 valence electrons. The van der Waals surface area contributed by atoms with E-state index in [1.54, 1.807) is 11.2 Å². The van der Waals surface area contributed by atoms with Crippen molar-refractivity contribution in [3.05, 3.63) is 53.5 Å². The fourth-order valence-electron chi connectivity index (χ4n) is 3.37. The van der Waals surface area contributed by atoms with E-state index >= 15 is 0 Å². The lowest BCUT2D eigenvalue weighted by molar-refractivity contribution is 0.0803. The molecule has 26 heavy (non-hydrogen) atoms. The number of hydrogen-bond acceptors (Lipinski definition) is 3. The molecule has 3 rings (SSSR count). The summed E-state index contributed by atoms with van der Waals surface area (Å²) in [4.78, 5) is 14.9. The lowest BCUT2D eigenvalue weighted by Crippen LogP contribution is -2.39. The highest BCUT2D eigenvalue weighted by molar-refractivity contribution is 5.91. The highest BCUT2D eigenvalue weighted by atomic mass is 16.5. The molecule has 1 fully saturated rings. The van der Waals surface area contributed by atoms with Gasteiger partial charge in [0.05, 0.1) is 18.9 Å². The molecule has 5 heteroatoms. The quantitative estimate of drug-likeness (QED) is 0.799. The highest BCUT2D eigenvalue weighted by Crippen LogP contribution is 2.28. The third-order valence-electron chi connectivity index (χ3n) is 4.82. The molecule has 2 aromatic rings. The minimum atomic E-state index is -0.117. The first-order chi connectivity index (χ1) is 12.5. The van der Waals surface area contributed by atoms with Crippen LogP contribution in [0, 0.1) is 6.92 Å². The summed E-state index contributed by atoms with van der Waals surface area (Å²) in [6.45, 7) is 8.07. The van der Waals surface area contributed by atoms with Gasteiger partial charge in [0.15, 0.2) is 0 Å². The summed E-state index contributed by atoms with van der Waals surface area (Å²) in [5.74, 6) is 1.11. The van der Waals surface area contributed by atoms with Crippen LogP contribution in [0.5, 0.6) is 0 Å². The molecular formula is C21H28N2O3. The maximum atomic E-state index is 13.1. The molecule has 1 aliphatic rings. The van der Waals surface area contributed by atoms with Gasteiger partial charge in [0.2, 0.25) is 0 Å². The summed E-state index contributed by atoms with van der Waals surface area (Å²) in [7, 11) is 0. The van der Waals surface area contributed by atoms with E-state index in [9.17, 15) is 4.79 Å². The number of carbonyl (C=O) groups excluding carboxylic acids is 1. The Morgan fingerprint density at radius 1 is 1.31 bits per heavy atom. The van der Waals surface area contributed by atoms with Crippen molar-refractivity contribution in [1.29, 1.82) is 0 Å². The number of benzene rings is 1. The number of hydrogen-bond donors (Lipinski definition) is 1. The van der Waals surface area contributed by atoms with Crippen molar-refractivity contribution in [2.75, 3.05) is 18.5 Å². The van der Waals surface area contributed by atoms with E-state index in [2.05, 4.69) is 25.2 Å². The molecule has 0 spiro atoms. The number of nitrogens with one attached hydrogen (secondary N) is 1. The molecule has 2 heterocycles. The number of urea groups is 1. The predicted octanol–water partition coefficient (Wildman–Crippen LogP) is 4.92. The number of carbonyl (C=O) groups is 1. The van der Waals surface area contributed by atoms with Gasteiger partial charge in [-0.05, 0) is 48.9 Å². The summed E-state index contributed by atoms with van der Waals surface area (Å²) in [5, 5.41) is 3.14. The van der Waals surface area contributed by atoms with Gasteiger partial charge < -0.3 is 19.4 Å². The van der Waals surface area contributed by atoms with E-state index < -0.39 is 0 Å². The number of anilines is 1. The number of nitrogens with zero attached hydrogens (tertiary/aromatic N) is 1. The molecule has 1 aromatic carbocycles. The number of rotatable bonds is 6. The Bertz CT molecular complexity index is 719. The molecule has 1 atom stereocenters. The number of aryl methyl sites for hydroxylation is 1. The van der Waals surface area contributed by atoms with E-state index in [-0.39, 0.29) is 12.1 Å². The Balaban J connectivity index is 1.78. The molecule has 1 saturated heterocycles. The van der Waals surface area contributed by atoms with Gasteiger partial charge in [0, 0.05) is 18.8 Å². The zero-order valence-electron chi connectivity index (χ0n) is 15.8. The third kappa shape index (κ3) is 4.47. The Labute approximate surface area is 155 Å². The maximum Gasteiger partial charge on any atom is 0.322 e. The van der Waals surface area contributed by atoms with Crippen LogP contribution in [0.2, 0.25) is 0 Å². The molecule has 0 aliphatic carbocycles. The zero-order chi connectivity index (χ0) is 18.5. The Morgan fingerprint density at radius 3 is 2.81 bits per heavy atom. The number of para-hydroxylation sites is 1. The van der Waals surface area contributed by atoms with E-state index in [1.165, 1.54) is 0 Å². The van der Waals surface area contributed by atoms with E-state index in [0.717, 1.165) is 42.0 Å². The van der Waals surface area contributed by atoms with Crippen LogP contribution in [0.4, 0.5) is 10.5 Å². The van der Waals surface area contributed by atoms with E-state index in [4.69, 9.17) is 9.15 Å². The van der Waals surface area contributed by atoms with Gasteiger partial charge in [-0.25, -0.2) is 4.79 Å². The minimum Gasteiger partial charge on any atom is -0.467 e. The number of furan rings is 1. The fourth-order valence-corrected chi connectivity index (χ4v) is 3.37. The first kappa shape index (κ1) is 18.5. The van der Waals surface area contributed by atoms with Gasteiger partial charge in [-0.1, -0.05) is 32.0 Å². The van der Waals surface area contributed by atoms with Gasteiger partial charge in [-0.3, -0.25) is 0 Å². The van der Waals surface area contributed by atoms with Crippen molar-refractivity contribution in [3.63, 3.8) is 0 Å². The van der Waals surface area contributed by atoms with Crippen molar-refractivity contribution < 1.29 is 13.9 Å². The molecule has 1 unspecified atom stereocenters. The lowest BCUT2D eigenvalue weighted by atomic mass is 9.98. The molecule has 0 bridgehead atoms. The molecule has 1 aromatic heterocycles. The minimum absolute atomic E-state index is 0.0946. The van der Waals surface area contributed by atoms with Crippen LogP contribution in [0.25, 0.3) is 0 Å². The van der Waals surface area contributed by atoms with Gasteiger partial charge in [0.1, 0.15) is 5.76 Å². The van der Waals surface area contributed by atoms with Crippen molar-refractivity contribution in [3.8, 4) is 0 Å². The molecule has 1 N–H and O–H groups in total. The summed E-state index contributed by atoms with van der Waals surface area (Å²) in [6.07, 6.45) is 3.77. The predicted molar refractivity (Wildman–Crippen MR) is 102 cm³/mol. The second-order valence-corrected chi connectivity index (χ2v) is 7.22. The average molecular weight is 356 g/mol. The second kappa shape index (κ2) is 8.41. The normalized spacial score (nSPS) is 16.8. The molecule has 5 nitrogen and oxygen atoms in total. The summed E-state index contributed by atoms with van der Waals surface area (Å²) >= 11 is 0. The van der Waals surface area contributed by atoms with E-state index in [1.807, 2.05) is 31.2 Å². The number of ether oxygens (including phenoxy) is 1. The molecule has 1 aliphatic heterocycles. The highest BCUT2D eigenvalue weighted by Gasteiger charge is 2.24. The zero-order valence-corrected chi connectivity index (χ0v) is 15.8. The first-order valence-corrected chi connectivity index (χ1v) is 9.34. The Morgan fingerprint density at radius 2 is 2.15 bits per heavy atom.